The molecule has 0 unspecified atom stereocenters. The van der Waals surface area contributed by atoms with Crippen molar-refractivity contribution >= 4 is 16.7 Å². The molecule has 6 nitrogen and oxygen atoms in total. The van der Waals surface area contributed by atoms with Gasteiger partial charge in [-0.15, -0.1) is 0 Å². The molecule has 0 spiro atoms. The van der Waals surface area contributed by atoms with Crippen LogP contribution >= 0.6 is 0 Å². The molecule has 0 atom stereocenters. The first-order valence-electron chi connectivity index (χ1n) is 11.3. The Morgan fingerprint density at radius 3 is 2.27 bits per heavy atom. The number of pyridine rings is 1. The van der Waals surface area contributed by atoms with Crippen molar-refractivity contribution in [3.8, 4) is 33.7 Å². The average Bonchev–Trinajstić information content (AvgIpc) is 3.55. The molecule has 0 radical (unpaired) electrons. The summed E-state index contributed by atoms with van der Waals surface area (Å²) in [5, 5.41) is 1.11. The minimum atomic E-state index is 0.629. The summed E-state index contributed by atoms with van der Waals surface area (Å²) in [7, 11) is 2.18. The third-order valence-electron chi connectivity index (χ3n) is 6.48. The molecule has 1 aliphatic heterocycles. The average molecular weight is 436 g/mol. The van der Waals surface area contributed by atoms with Crippen LogP contribution in [-0.4, -0.2) is 53.1 Å². The van der Waals surface area contributed by atoms with E-state index in [1.54, 1.807) is 12.5 Å². The van der Waals surface area contributed by atoms with Gasteiger partial charge in [0, 0.05) is 66.3 Å². The maximum Gasteiger partial charge on any atom is 0.225 e. The molecule has 3 aromatic heterocycles. The molecule has 4 heterocycles. The van der Waals surface area contributed by atoms with Crippen molar-refractivity contribution in [3.05, 3.63) is 79.5 Å². The summed E-state index contributed by atoms with van der Waals surface area (Å²) >= 11 is 0. The normalized spacial score (nSPS) is 14.8. The number of aromatic amines is 1. The highest BCUT2D eigenvalue weighted by atomic mass is 16.3. The van der Waals surface area contributed by atoms with Gasteiger partial charge in [-0.1, -0.05) is 24.3 Å². The van der Waals surface area contributed by atoms with Gasteiger partial charge in [0.05, 0.1) is 6.20 Å². The van der Waals surface area contributed by atoms with Crippen molar-refractivity contribution in [1.82, 2.24) is 19.9 Å². The van der Waals surface area contributed by atoms with Crippen LogP contribution in [-0.2, 0) is 0 Å². The fraction of sp³-hybridized carbons (Fsp3) is 0.185. The predicted octanol–water partition coefficient (Wildman–Crippen LogP) is 5.30. The van der Waals surface area contributed by atoms with Crippen molar-refractivity contribution in [3.63, 3.8) is 0 Å². The zero-order valence-corrected chi connectivity index (χ0v) is 18.5. The Morgan fingerprint density at radius 1 is 0.818 bits per heavy atom. The van der Waals surface area contributed by atoms with Crippen molar-refractivity contribution in [2.45, 2.75) is 0 Å². The Labute approximate surface area is 192 Å². The lowest BCUT2D eigenvalue weighted by atomic mass is 10.0. The van der Waals surface area contributed by atoms with Crippen LogP contribution < -0.4 is 4.90 Å². The second-order valence-electron chi connectivity index (χ2n) is 8.57. The van der Waals surface area contributed by atoms with E-state index >= 15 is 0 Å². The molecule has 1 saturated heterocycles. The van der Waals surface area contributed by atoms with Crippen LogP contribution in [0.4, 0.5) is 5.69 Å². The lowest BCUT2D eigenvalue weighted by Gasteiger charge is -2.34. The highest BCUT2D eigenvalue weighted by molar-refractivity contribution is 5.96. The van der Waals surface area contributed by atoms with E-state index in [0.29, 0.717) is 5.89 Å². The van der Waals surface area contributed by atoms with E-state index in [2.05, 4.69) is 74.3 Å². The van der Waals surface area contributed by atoms with Crippen molar-refractivity contribution in [2.24, 2.45) is 0 Å². The molecule has 0 amide bonds. The molecular formula is C27H25N5O. The third-order valence-corrected chi connectivity index (χ3v) is 6.48. The van der Waals surface area contributed by atoms with Gasteiger partial charge in [0.25, 0.3) is 0 Å². The second kappa shape index (κ2) is 8.22. The Balaban J connectivity index is 1.29. The first-order chi connectivity index (χ1) is 16.2. The molecule has 33 heavy (non-hydrogen) atoms. The molecule has 6 rings (SSSR count). The number of oxazole rings is 1. The van der Waals surface area contributed by atoms with Crippen LogP contribution in [0.1, 0.15) is 0 Å². The summed E-state index contributed by atoms with van der Waals surface area (Å²) in [6.07, 6.45) is 7.22. The van der Waals surface area contributed by atoms with E-state index < -0.39 is 0 Å². The van der Waals surface area contributed by atoms with E-state index in [1.807, 2.05) is 24.5 Å². The summed E-state index contributed by atoms with van der Waals surface area (Å²) in [5.74, 6) is 0.629. The zero-order chi connectivity index (χ0) is 22.2. The molecule has 164 valence electrons. The van der Waals surface area contributed by atoms with Crippen molar-refractivity contribution < 1.29 is 4.42 Å². The number of hydrogen-bond acceptors (Lipinski definition) is 5. The van der Waals surface area contributed by atoms with Crippen LogP contribution in [0.15, 0.2) is 83.9 Å². The molecule has 0 bridgehead atoms. The minimum Gasteiger partial charge on any atom is -0.445 e. The van der Waals surface area contributed by atoms with Gasteiger partial charge in [0.1, 0.15) is 11.9 Å². The van der Waals surface area contributed by atoms with Gasteiger partial charge in [0.2, 0.25) is 5.89 Å². The third kappa shape index (κ3) is 3.79. The molecular weight excluding hydrogens is 410 g/mol. The van der Waals surface area contributed by atoms with Gasteiger partial charge in [0.15, 0.2) is 0 Å². The first-order valence-corrected chi connectivity index (χ1v) is 11.3. The number of anilines is 1. The van der Waals surface area contributed by atoms with Crippen LogP contribution in [0.2, 0.25) is 0 Å². The Kier molecular flexibility index (Phi) is 4.92. The molecule has 0 saturated carbocycles. The van der Waals surface area contributed by atoms with Gasteiger partial charge in [-0.05, 0) is 48.5 Å². The number of aromatic nitrogens is 3. The van der Waals surface area contributed by atoms with Gasteiger partial charge >= 0.3 is 0 Å². The standard InChI is InChI=1S/C27H25N5O/c1-31-11-13-32(14-12-31)23-8-6-19(7-9-23)22-16-24-25(18-30-26(24)29-17-22)20-2-4-21(5-3-20)27-28-10-15-33-27/h2-10,15-18H,11-14H2,1H3,(H,29,30). The second-order valence-corrected chi connectivity index (χ2v) is 8.57. The maximum absolute atomic E-state index is 5.40. The van der Waals surface area contributed by atoms with Gasteiger partial charge < -0.3 is 19.2 Å². The van der Waals surface area contributed by atoms with E-state index in [4.69, 9.17) is 4.42 Å². The number of piperazine rings is 1. The molecule has 1 N–H and O–H groups in total. The van der Waals surface area contributed by atoms with Crippen LogP contribution in [0.5, 0.6) is 0 Å². The van der Waals surface area contributed by atoms with Gasteiger partial charge in [-0.2, -0.15) is 0 Å². The summed E-state index contributed by atoms with van der Waals surface area (Å²) in [5.41, 5.74) is 7.68. The maximum atomic E-state index is 5.40. The summed E-state index contributed by atoms with van der Waals surface area (Å²) in [4.78, 5) is 17.1. The van der Waals surface area contributed by atoms with Crippen molar-refractivity contribution in [1.29, 1.82) is 0 Å². The van der Waals surface area contributed by atoms with Gasteiger partial charge in [-0.25, -0.2) is 9.97 Å². The summed E-state index contributed by atoms with van der Waals surface area (Å²) in [6.45, 7) is 4.37. The molecule has 1 fully saturated rings. The molecule has 2 aromatic carbocycles. The van der Waals surface area contributed by atoms with E-state index in [0.717, 1.165) is 59.5 Å². The predicted molar refractivity (Wildman–Crippen MR) is 132 cm³/mol. The zero-order valence-electron chi connectivity index (χ0n) is 18.5. The first kappa shape index (κ1) is 19.8. The SMILES string of the molecule is CN1CCN(c2ccc(-c3cnc4[nH]cc(-c5ccc(-c6ncco6)cc5)c4c3)cc2)CC1. The lowest BCUT2D eigenvalue weighted by Crippen LogP contribution is -2.44. The van der Waals surface area contributed by atoms with Crippen LogP contribution in [0.25, 0.3) is 44.7 Å². The van der Waals surface area contributed by atoms with E-state index in [-0.39, 0.29) is 0 Å². The molecule has 5 aromatic rings. The number of rotatable bonds is 4. The number of likely N-dealkylation sites (N-methyl/N-ethyl adjacent to an activating group) is 1. The number of hydrogen-bond donors (Lipinski definition) is 1. The lowest BCUT2D eigenvalue weighted by molar-refractivity contribution is 0.313. The van der Waals surface area contributed by atoms with Crippen molar-refractivity contribution in [2.75, 3.05) is 38.1 Å². The molecule has 1 aliphatic rings. The molecule has 0 aliphatic carbocycles. The highest BCUT2D eigenvalue weighted by Crippen LogP contribution is 2.32. The Morgan fingerprint density at radius 2 is 1.55 bits per heavy atom. The van der Waals surface area contributed by atoms with Gasteiger partial charge in [-0.3, -0.25) is 0 Å². The number of H-pyrrole nitrogens is 1. The van der Waals surface area contributed by atoms with Crippen LogP contribution in [0, 0.1) is 0 Å². The van der Waals surface area contributed by atoms with E-state index in [1.165, 1.54) is 11.3 Å². The van der Waals surface area contributed by atoms with E-state index in [9.17, 15) is 0 Å². The quantitative estimate of drug-likeness (QED) is 0.415. The molecule has 6 heteroatoms. The largest absolute Gasteiger partial charge is 0.445 e. The highest BCUT2D eigenvalue weighted by Gasteiger charge is 2.15. The number of nitrogens with zero attached hydrogens (tertiary/aromatic N) is 4. The fourth-order valence-corrected chi connectivity index (χ4v) is 4.49. The summed E-state index contributed by atoms with van der Waals surface area (Å²) < 4.78 is 5.40. The smallest absolute Gasteiger partial charge is 0.225 e. The monoisotopic (exact) mass is 435 g/mol. The Hall–Kier alpha value is -3.90. The number of fused-ring (bicyclic) bond motifs is 1. The Bertz CT molecular complexity index is 1360. The number of benzene rings is 2. The fourth-order valence-electron chi connectivity index (χ4n) is 4.49. The number of nitrogens with one attached hydrogen (secondary N) is 1. The topological polar surface area (TPSA) is 61.2 Å². The van der Waals surface area contributed by atoms with Crippen LogP contribution in [0.3, 0.4) is 0 Å². The summed E-state index contributed by atoms with van der Waals surface area (Å²) in [6, 6.07) is 19.3. The minimum absolute atomic E-state index is 0.629.